The lowest BCUT2D eigenvalue weighted by Gasteiger charge is -2.18. The molecule has 0 fully saturated rings. The van der Waals surface area contributed by atoms with Crippen molar-refractivity contribution in [1.82, 2.24) is 0 Å². The fourth-order valence-electron chi connectivity index (χ4n) is 1.82. The minimum atomic E-state index is -0.363. The summed E-state index contributed by atoms with van der Waals surface area (Å²) in [7, 11) is 0. The second-order valence-electron chi connectivity index (χ2n) is 5.79. The molecule has 0 N–H and O–H groups in total. The van der Waals surface area contributed by atoms with Gasteiger partial charge in [0.05, 0.1) is 10.0 Å². The molecule has 0 aliphatic heterocycles. The number of carbonyl (C=O) groups excluding carboxylic acids is 1. The van der Waals surface area contributed by atoms with Gasteiger partial charge < -0.3 is 4.74 Å². The molecule has 0 amide bonds. The van der Waals surface area contributed by atoms with Crippen LogP contribution in [0, 0.1) is 0 Å². The van der Waals surface area contributed by atoms with Crippen molar-refractivity contribution in [1.29, 1.82) is 0 Å². The zero-order chi connectivity index (χ0) is 15.6. The molecule has 0 aliphatic carbocycles. The van der Waals surface area contributed by atoms with Crippen molar-refractivity contribution in [2.45, 2.75) is 26.2 Å². The Balaban J connectivity index is 2.17. The van der Waals surface area contributed by atoms with Gasteiger partial charge in [0.25, 0.3) is 0 Å². The Bertz CT molecular complexity index is 655. The van der Waals surface area contributed by atoms with E-state index in [1.807, 2.05) is 24.3 Å². The van der Waals surface area contributed by atoms with Gasteiger partial charge in [-0.3, -0.25) is 0 Å². The number of rotatable bonds is 2. The molecule has 2 aromatic rings. The molecule has 0 saturated heterocycles. The van der Waals surface area contributed by atoms with Crippen LogP contribution in [0.1, 0.15) is 36.7 Å². The lowest BCUT2D eigenvalue weighted by Crippen LogP contribution is -2.13. The molecule has 0 unspecified atom stereocenters. The fraction of sp³-hybridized carbons (Fsp3) is 0.235. The van der Waals surface area contributed by atoms with Gasteiger partial charge in [0.15, 0.2) is 0 Å². The molecule has 0 spiro atoms. The van der Waals surface area contributed by atoms with Crippen molar-refractivity contribution in [3.63, 3.8) is 0 Å². The summed E-state index contributed by atoms with van der Waals surface area (Å²) in [6.07, 6.45) is 0. The van der Waals surface area contributed by atoms with E-state index in [9.17, 15) is 4.79 Å². The van der Waals surface area contributed by atoms with Gasteiger partial charge in [-0.15, -0.1) is 0 Å². The Labute approximate surface area is 141 Å². The van der Waals surface area contributed by atoms with Crippen LogP contribution in [-0.2, 0) is 5.41 Å². The molecule has 2 aromatic carbocycles. The van der Waals surface area contributed by atoms with E-state index in [4.69, 9.17) is 4.74 Å². The second kappa shape index (κ2) is 6.32. The molecule has 0 aliphatic rings. The van der Waals surface area contributed by atoms with Crippen LogP contribution in [-0.4, -0.2) is 5.97 Å². The number of hydrogen-bond acceptors (Lipinski definition) is 2. The number of ether oxygens (including phenoxy) is 1. The van der Waals surface area contributed by atoms with E-state index in [0.29, 0.717) is 11.3 Å². The zero-order valence-electron chi connectivity index (χ0n) is 12.1. The average Bonchev–Trinajstić information content (AvgIpc) is 2.41. The van der Waals surface area contributed by atoms with E-state index >= 15 is 0 Å². The third kappa shape index (κ3) is 4.17. The van der Waals surface area contributed by atoms with Crippen LogP contribution in [0.2, 0.25) is 0 Å². The van der Waals surface area contributed by atoms with Crippen LogP contribution in [0.25, 0.3) is 0 Å². The highest BCUT2D eigenvalue weighted by molar-refractivity contribution is 9.11. The van der Waals surface area contributed by atoms with Gasteiger partial charge in [-0.25, -0.2) is 4.79 Å². The van der Waals surface area contributed by atoms with E-state index in [0.717, 1.165) is 8.95 Å². The molecule has 110 valence electrons. The molecule has 0 bridgehead atoms. The summed E-state index contributed by atoms with van der Waals surface area (Å²) in [5, 5.41) is 0. The van der Waals surface area contributed by atoms with E-state index in [1.165, 1.54) is 5.56 Å². The van der Waals surface area contributed by atoms with Crippen LogP contribution < -0.4 is 4.74 Å². The van der Waals surface area contributed by atoms with Gasteiger partial charge in [0.2, 0.25) is 0 Å². The van der Waals surface area contributed by atoms with Crippen molar-refractivity contribution in [3.05, 3.63) is 62.5 Å². The highest BCUT2D eigenvalue weighted by Gasteiger charge is 2.15. The van der Waals surface area contributed by atoms with E-state index in [2.05, 4.69) is 52.6 Å². The van der Waals surface area contributed by atoms with Gasteiger partial charge in [-0.05, 0) is 57.2 Å². The third-order valence-electron chi connectivity index (χ3n) is 3.08. The van der Waals surface area contributed by atoms with Crippen LogP contribution in [0.3, 0.4) is 0 Å². The Morgan fingerprint density at radius 1 is 1.00 bits per heavy atom. The van der Waals surface area contributed by atoms with Crippen LogP contribution in [0.4, 0.5) is 0 Å². The molecular formula is C17H16Br2O2. The highest BCUT2D eigenvalue weighted by atomic mass is 79.9. The largest absolute Gasteiger partial charge is 0.422 e. The minimum Gasteiger partial charge on any atom is -0.422 e. The molecule has 0 saturated carbocycles. The Morgan fingerprint density at radius 2 is 1.62 bits per heavy atom. The van der Waals surface area contributed by atoms with Crippen LogP contribution in [0.15, 0.2) is 51.4 Å². The first kappa shape index (κ1) is 16.2. The summed E-state index contributed by atoms with van der Waals surface area (Å²) in [4.78, 5) is 12.2. The number of carbonyl (C=O) groups is 1. The van der Waals surface area contributed by atoms with Gasteiger partial charge in [0, 0.05) is 4.47 Å². The monoisotopic (exact) mass is 410 g/mol. The summed E-state index contributed by atoms with van der Waals surface area (Å²) >= 11 is 6.74. The highest BCUT2D eigenvalue weighted by Crippen LogP contribution is 2.29. The molecule has 2 nitrogen and oxygen atoms in total. The van der Waals surface area contributed by atoms with Gasteiger partial charge in [-0.1, -0.05) is 48.8 Å². The third-order valence-corrected chi connectivity index (χ3v) is 4.20. The lowest BCUT2D eigenvalue weighted by atomic mass is 9.87. The van der Waals surface area contributed by atoms with Crippen molar-refractivity contribution < 1.29 is 9.53 Å². The number of esters is 1. The first-order chi connectivity index (χ1) is 9.77. The Kier molecular flexibility index (Phi) is 4.89. The summed E-state index contributed by atoms with van der Waals surface area (Å²) in [5.41, 5.74) is 1.79. The predicted octanol–water partition coefficient (Wildman–Crippen LogP) is 5.73. The van der Waals surface area contributed by atoms with Crippen molar-refractivity contribution >= 4 is 37.8 Å². The minimum absolute atomic E-state index is 0.0666. The standard InChI is InChI=1S/C17H16Br2O2/c1-17(2,3)12-6-4-11(5-7-12)16(20)21-15-9-8-13(18)10-14(15)19/h4-10H,1-3H3. The maximum Gasteiger partial charge on any atom is 0.343 e. The quantitative estimate of drug-likeness (QED) is 0.466. The molecular weight excluding hydrogens is 396 g/mol. The average molecular weight is 412 g/mol. The number of benzene rings is 2. The van der Waals surface area contributed by atoms with Crippen LogP contribution >= 0.6 is 31.9 Å². The summed E-state index contributed by atoms with van der Waals surface area (Å²) < 4.78 is 7.06. The maximum absolute atomic E-state index is 12.2. The Hall–Kier alpha value is -1.13. The van der Waals surface area contributed by atoms with Crippen LogP contribution in [0.5, 0.6) is 5.75 Å². The predicted molar refractivity (Wildman–Crippen MR) is 91.9 cm³/mol. The maximum atomic E-state index is 12.2. The molecule has 2 rings (SSSR count). The molecule has 0 radical (unpaired) electrons. The smallest absolute Gasteiger partial charge is 0.343 e. The molecule has 0 heterocycles. The Morgan fingerprint density at radius 3 is 2.14 bits per heavy atom. The molecule has 0 atom stereocenters. The first-order valence-electron chi connectivity index (χ1n) is 6.55. The van der Waals surface area contributed by atoms with Crippen molar-refractivity contribution in [2.24, 2.45) is 0 Å². The second-order valence-corrected chi connectivity index (χ2v) is 7.56. The molecule has 21 heavy (non-hydrogen) atoms. The normalized spacial score (nSPS) is 11.3. The summed E-state index contributed by atoms with van der Waals surface area (Å²) in [6.45, 7) is 6.41. The number of hydrogen-bond donors (Lipinski definition) is 0. The van der Waals surface area contributed by atoms with Crippen molar-refractivity contribution in [3.8, 4) is 5.75 Å². The van der Waals surface area contributed by atoms with E-state index in [-0.39, 0.29) is 11.4 Å². The van der Waals surface area contributed by atoms with Crippen molar-refractivity contribution in [2.75, 3.05) is 0 Å². The SMILES string of the molecule is CC(C)(C)c1ccc(C(=O)Oc2ccc(Br)cc2Br)cc1. The van der Waals surface area contributed by atoms with Gasteiger partial charge >= 0.3 is 5.97 Å². The van der Waals surface area contributed by atoms with E-state index in [1.54, 1.807) is 18.2 Å². The molecule has 4 heteroatoms. The van der Waals surface area contributed by atoms with E-state index < -0.39 is 0 Å². The van der Waals surface area contributed by atoms with Gasteiger partial charge in [0.1, 0.15) is 5.75 Å². The summed E-state index contributed by atoms with van der Waals surface area (Å²) in [6, 6.07) is 12.9. The number of halogens is 2. The molecule has 0 aromatic heterocycles. The summed E-state index contributed by atoms with van der Waals surface area (Å²) in [5.74, 6) is 0.140. The lowest BCUT2D eigenvalue weighted by molar-refractivity contribution is 0.0733. The zero-order valence-corrected chi connectivity index (χ0v) is 15.3. The first-order valence-corrected chi connectivity index (χ1v) is 8.14. The van der Waals surface area contributed by atoms with Gasteiger partial charge in [-0.2, -0.15) is 0 Å². The topological polar surface area (TPSA) is 26.3 Å². The fourth-order valence-corrected chi connectivity index (χ4v) is 2.95.